The van der Waals surface area contributed by atoms with Crippen molar-refractivity contribution in [1.29, 1.82) is 0 Å². The molecule has 0 aliphatic carbocycles. The molecular weight excluding hydrogens is 547 g/mol. The van der Waals surface area contributed by atoms with Crippen molar-refractivity contribution in [3.63, 3.8) is 0 Å². The molecule has 1 saturated heterocycles. The minimum absolute atomic E-state index is 0.0942. The van der Waals surface area contributed by atoms with Gasteiger partial charge in [0.15, 0.2) is 0 Å². The number of tetrazole rings is 1. The second kappa shape index (κ2) is 12.6. The first kappa shape index (κ1) is 28.4. The van der Waals surface area contributed by atoms with Gasteiger partial charge in [-0.3, -0.25) is 14.5 Å². The Morgan fingerprint density at radius 3 is 2.59 bits per heavy atom. The van der Waals surface area contributed by atoms with Gasteiger partial charge < -0.3 is 10.1 Å². The lowest BCUT2D eigenvalue weighted by atomic mass is 10.00. The Labute approximate surface area is 242 Å². The van der Waals surface area contributed by atoms with Gasteiger partial charge in [0.2, 0.25) is 11.7 Å². The Morgan fingerprint density at radius 2 is 1.88 bits per heavy atom. The number of carbonyl (C=O) groups excluding carboxylic acids is 2. The summed E-state index contributed by atoms with van der Waals surface area (Å²) in [4.78, 5) is 30.6. The molecule has 1 fully saturated rings. The van der Waals surface area contributed by atoms with Gasteiger partial charge in [0.1, 0.15) is 18.4 Å². The molecule has 1 aliphatic heterocycles. The summed E-state index contributed by atoms with van der Waals surface area (Å²) in [5.74, 6) is -0.967. The lowest BCUT2D eigenvalue weighted by Crippen LogP contribution is -2.47. The van der Waals surface area contributed by atoms with Crippen LogP contribution in [0.3, 0.4) is 0 Å². The molecule has 2 atom stereocenters. The summed E-state index contributed by atoms with van der Waals surface area (Å²) in [5.41, 5.74) is 3.47. The van der Waals surface area contributed by atoms with Crippen LogP contribution >= 0.6 is 11.6 Å². The second-order valence-electron chi connectivity index (χ2n) is 9.97. The number of aromatic nitrogens is 4. The lowest BCUT2D eigenvalue weighted by molar-refractivity contribution is -0.127. The highest BCUT2D eigenvalue weighted by atomic mass is 35.5. The van der Waals surface area contributed by atoms with E-state index in [1.807, 2.05) is 26.0 Å². The van der Waals surface area contributed by atoms with Gasteiger partial charge in [-0.2, -0.15) is 4.80 Å². The molecule has 0 unspecified atom stereocenters. The fourth-order valence-corrected chi connectivity index (χ4v) is 4.94. The zero-order chi connectivity index (χ0) is 28.9. The molecule has 2 amide bonds. The van der Waals surface area contributed by atoms with E-state index in [1.54, 1.807) is 30.3 Å². The Bertz CT molecular complexity index is 1520. The van der Waals surface area contributed by atoms with Crippen LogP contribution in [0.25, 0.3) is 11.4 Å². The van der Waals surface area contributed by atoms with Crippen molar-refractivity contribution < 1.29 is 18.7 Å². The smallest absolute Gasteiger partial charge is 0.251 e. The molecule has 1 N–H and O–H groups in total. The number of ether oxygens (including phenoxy) is 1. The van der Waals surface area contributed by atoms with Crippen LogP contribution in [0, 0.1) is 19.7 Å². The Morgan fingerprint density at radius 1 is 1.12 bits per heavy atom. The summed E-state index contributed by atoms with van der Waals surface area (Å²) in [6.07, 6.45) is 1.68. The third-order valence-corrected chi connectivity index (χ3v) is 7.41. The fourth-order valence-electron chi connectivity index (χ4n) is 4.82. The maximum Gasteiger partial charge on any atom is 0.251 e. The Kier molecular flexibility index (Phi) is 8.70. The molecule has 0 bridgehead atoms. The molecule has 4 aromatic rings. The van der Waals surface area contributed by atoms with E-state index in [4.69, 9.17) is 16.3 Å². The standard InChI is InChI=1S/C30H30ClFN6O3/c1-19-5-3-7-26(20(19)2)38(27(39)18-37-35-29(34-36-37)22-8-12-23(31)13-9-22)28(21-10-14-24(32)15-11-21)30(40)33-17-25-6-4-16-41-25/h3,5,7-15,25,28H,4,6,16-18H2,1-2H3,(H,33,40)/t25-,28-/m1/s1. The van der Waals surface area contributed by atoms with E-state index in [-0.39, 0.29) is 12.6 Å². The minimum Gasteiger partial charge on any atom is -0.376 e. The number of halogens is 2. The average Bonchev–Trinajstić information content (AvgIpc) is 3.66. The van der Waals surface area contributed by atoms with Crippen LogP contribution in [0.1, 0.15) is 35.6 Å². The van der Waals surface area contributed by atoms with E-state index in [0.29, 0.717) is 40.8 Å². The number of hydrogen-bond acceptors (Lipinski definition) is 6. The number of aryl methyl sites for hydroxylation is 1. The van der Waals surface area contributed by atoms with Gasteiger partial charge in [-0.05, 0) is 91.1 Å². The van der Waals surface area contributed by atoms with Gasteiger partial charge in [-0.1, -0.05) is 35.9 Å². The third kappa shape index (κ3) is 6.61. The molecule has 2 heterocycles. The number of nitrogens with zero attached hydrogens (tertiary/aromatic N) is 5. The monoisotopic (exact) mass is 576 g/mol. The van der Waals surface area contributed by atoms with E-state index in [0.717, 1.165) is 24.0 Å². The zero-order valence-electron chi connectivity index (χ0n) is 22.8. The van der Waals surface area contributed by atoms with E-state index in [2.05, 4.69) is 20.7 Å². The molecule has 1 aromatic heterocycles. The predicted octanol–water partition coefficient (Wildman–Crippen LogP) is 4.82. The summed E-state index contributed by atoms with van der Waals surface area (Å²) in [6.45, 7) is 4.50. The molecule has 11 heteroatoms. The van der Waals surface area contributed by atoms with Crippen LogP contribution in [-0.4, -0.2) is 51.3 Å². The molecule has 1 aliphatic rings. The van der Waals surface area contributed by atoms with E-state index < -0.39 is 23.7 Å². The highest BCUT2D eigenvalue weighted by Crippen LogP contribution is 2.32. The maximum absolute atomic E-state index is 14.1. The van der Waals surface area contributed by atoms with Crippen molar-refractivity contribution in [3.8, 4) is 11.4 Å². The van der Waals surface area contributed by atoms with Crippen molar-refractivity contribution in [2.24, 2.45) is 0 Å². The van der Waals surface area contributed by atoms with Crippen molar-refractivity contribution in [2.75, 3.05) is 18.1 Å². The summed E-state index contributed by atoms with van der Waals surface area (Å²) < 4.78 is 19.6. The molecule has 3 aromatic carbocycles. The number of amides is 2. The first-order valence-electron chi connectivity index (χ1n) is 13.4. The minimum atomic E-state index is -1.09. The average molecular weight is 577 g/mol. The summed E-state index contributed by atoms with van der Waals surface area (Å²) in [7, 11) is 0. The van der Waals surface area contributed by atoms with Crippen LogP contribution in [0.15, 0.2) is 66.7 Å². The number of nitrogens with one attached hydrogen (secondary N) is 1. The van der Waals surface area contributed by atoms with Gasteiger partial charge in [0, 0.05) is 29.4 Å². The Hall–Kier alpha value is -4.15. The largest absolute Gasteiger partial charge is 0.376 e. The Balaban J connectivity index is 1.51. The van der Waals surface area contributed by atoms with Gasteiger partial charge >= 0.3 is 0 Å². The topological polar surface area (TPSA) is 102 Å². The number of anilines is 1. The van der Waals surface area contributed by atoms with E-state index in [9.17, 15) is 14.0 Å². The first-order valence-corrected chi connectivity index (χ1v) is 13.7. The molecule has 9 nitrogen and oxygen atoms in total. The van der Waals surface area contributed by atoms with E-state index in [1.165, 1.54) is 34.0 Å². The second-order valence-corrected chi connectivity index (χ2v) is 10.4. The number of carbonyl (C=O) groups is 2. The molecule has 5 rings (SSSR count). The molecule has 212 valence electrons. The van der Waals surface area contributed by atoms with Gasteiger partial charge in [-0.15, -0.1) is 10.2 Å². The third-order valence-electron chi connectivity index (χ3n) is 7.16. The molecular formula is C30H30ClFN6O3. The van der Waals surface area contributed by atoms with Gasteiger partial charge in [-0.25, -0.2) is 4.39 Å². The predicted molar refractivity (Wildman–Crippen MR) is 153 cm³/mol. The summed E-state index contributed by atoms with van der Waals surface area (Å²) in [6, 6.07) is 17.0. The zero-order valence-corrected chi connectivity index (χ0v) is 23.5. The van der Waals surface area contributed by atoms with Crippen LogP contribution in [0.2, 0.25) is 5.02 Å². The SMILES string of the molecule is Cc1cccc(N(C(=O)Cn2nnc(-c3ccc(Cl)cc3)n2)[C@@H](C(=O)NC[C@H]2CCCO2)c2ccc(F)cc2)c1C. The molecule has 0 saturated carbocycles. The van der Waals surface area contributed by atoms with Gasteiger partial charge in [0.25, 0.3) is 5.91 Å². The highest BCUT2D eigenvalue weighted by Gasteiger charge is 2.35. The van der Waals surface area contributed by atoms with Crippen LogP contribution < -0.4 is 10.2 Å². The summed E-state index contributed by atoms with van der Waals surface area (Å²) in [5, 5.41) is 16.1. The first-order chi connectivity index (χ1) is 19.8. The van der Waals surface area contributed by atoms with Gasteiger partial charge in [0.05, 0.1) is 6.10 Å². The maximum atomic E-state index is 14.1. The lowest BCUT2D eigenvalue weighted by Gasteiger charge is -2.33. The van der Waals surface area contributed by atoms with Crippen molar-refractivity contribution >= 4 is 29.1 Å². The van der Waals surface area contributed by atoms with Crippen LogP contribution in [0.5, 0.6) is 0 Å². The molecule has 0 spiro atoms. The number of hydrogen-bond donors (Lipinski definition) is 1. The molecule has 41 heavy (non-hydrogen) atoms. The van der Waals surface area contributed by atoms with Crippen molar-refractivity contribution in [3.05, 3.63) is 94.3 Å². The summed E-state index contributed by atoms with van der Waals surface area (Å²) >= 11 is 5.99. The number of rotatable bonds is 9. The molecule has 0 radical (unpaired) electrons. The van der Waals surface area contributed by atoms with E-state index >= 15 is 0 Å². The van der Waals surface area contributed by atoms with Crippen LogP contribution in [0.4, 0.5) is 10.1 Å². The fraction of sp³-hybridized carbons (Fsp3) is 0.300. The normalized spacial score (nSPS) is 15.5. The van der Waals surface area contributed by atoms with Crippen molar-refractivity contribution in [1.82, 2.24) is 25.5 Å². The number of benzene rings is 3. The highest BCUT2D eigenvalue weighted by molar-refractivity contribution is 6.30. The quantitative estimate of drug-likeness (QED) is 0.306. The van der Waals surface area contributed by atoms with Crippen molar-refractivity contribution in [2.45, 2.75) is 45.4 Å². The van der Waals surface area contributed by atoms with Crippen LogP contribution in [-0.2, 0) is 20.9 Å².